The number of rotatable bonds is 1. The first kappa shape index (κ1) is 22.3. The summed E-state index contributed by atoms with van der Waals surface area (Å²) >= 11 is 0. The molecule has 0 aromatic carbocycles. The molecule has 5 fully saturated rings. The first-order chi connectivity index (χ1) is 15.2. The molecule has 5 saturated carbocycles. The fourth-order valence-electron chi connectivity index (χ4n) is 11.6. The van der Waals surface area contributed by atoms with Crippen LogP contribution in [0, 0.1) is 56.2 Å². The molecular formula is C29H42O4. The highest BCUT2D eigenvalue weighted by Gasteiger charge is 2.78. The number of aliphatic hydroxyl groups excluding tert-OH is 1. The molecule has 6 aliphatic rings. The Bertz CT molecular complexity index is 996. The molecule has 4 heteroatoms. The third-order valence-electron chi connectivity index (χ3n) is 13.5. The smallest absolute Gasteiger partial charge is 0.310 e. The number of ketones is 1. The molecule has 0 unspecified atom stereocenters. The maximum Gasteiger partial charge on any atom is 0.310 e. The van der Waals surface area contributed by atoms with Crippen molar-refractivity contribution >= 4 is 11.8 Å². The van der Waals surface area contributed by atoms with Gasteiger partial charge < -0.3 is 10.2 Å². The Morgan fingerprint density at radius 1 is 0.939 bits per heavy atom. The molecule has 182 valence electrons. The minimum Gasteiger partial charge on any atom is -0.481 e. The van der Waals surface area contributed by atoms with Gasteiger partial charge in [0, 0.05) is 5.92 Å². The van der Waals surface area contributed by atoms with Crippen LogP contribution in [0.4, 0.5) is 0 Å². The maximum absolute atomic E-state index is 14.1. The Kier molecular flexibility index (Phi) is 4.03. The van der Waals surface area contributed by atoms with Crippen molar-refractivity contribution in [2.24, 2.45) is 56.2 Å². The van der Waals surface area contributed by atoms with E-state index >= 15 is 0 Å². The summed E-state index contributed by atoms with van der Waals surface area (Å²) in [5, 5.41) is 21.3. The number of carbonyl (C=O) groups excluding carboxylic acids is 1. The van der Waals surface area contributed by atoms with Crippen molar-refractivity contribution in [2.75, 3.05) is 0 Å². The second-order valence-electron chi connectivity index (χ2n) is 14.7. The highest BCUT2D eigenvalue weighted by Crippen LogP contribution is 2.81. The van der Waals surface area contributed by atoms with Gasteiger partial charge in [-0.05, 0) is 102 Å². The topological polar surface area (TPSA) is 74.6 Å². The molecule has 0 aliphatic heterocycles. The van der Waals surface area contributed by atoms with Crippen LogP contribution in [0.5, 0.6) is 0 Å². The van der Waals surface area contributed by atoms with Crippen molar-refractivity contribution in [3.05, 3.63) is 11.6 Å². The van der Waals surface area contributed by atoms with E-state index in [0.29, 0.717) is 5.92 Å². The van der Waals surface area contributed by atoms with Gasteiger partial charge in [-0.1, -0.05) is 47.1 Å². The molecule has 0 saturated heterocycles. The normalized spacial score (nSPS) is 58.2. The predicted molar refractivity (Wildman–Crippen MR) is 126 cm³/mol. The molecule has 0 radical (unpaired) electrons. The Hall–Kier alpha value is -1.16. The third kappa shape index (κ3) is 2.17. The van der Waals surface area contributed by atoms with Crippen LogP contribution < -0.4 is 0 Å². The number of allylic oxidation sites excluding steroid dienone is 2. The molecule has 6 aliphatic carbocycles. The van der Waals surface area contributed by atoms with E-state index in [1.807, 2.05) is 6.08 Å². The number of hydrogen-bond acceptors (Lipinski definition) is 3. The fourth-order valence-corrected chi connectivity index (χ4v) is 11.6. The number of carboxylic acid groups (broad SMARTS) is 1. The zero-order valence-corrected chi connectivity index (χ0v) is 21.3. The van der Waals surface area contributed by atoms with Crippen molar-refractivity contribution in [1.82, 2.24) is 0 Å². The molecule has 0 heterocycles. The van der Waals surface area contributed by atoms with Crippen molar-refractivity contribution in [3.63, 3.8) is 0 Å². The second kappa shape index (κ2) is 5.97. The van der Waals surface area contributed by atoms with Gasteiger partial charge in [0.2, 0.25) is 0 Å². The average molecular weight is 455 g/mol. The van der Waals surface area contributed by atoms with E-state index < -0.39 is 11.4 Å². The number of fused-ring (bicyclic) bond motifs is 6. The summed E-state index contributed by atoms with van der Waals surface area (Å²) in [6.07, 6.45) is 8.96. The van der Waals surface area contributed by atoms with Gasteiger partial charge in [-0.2, -0.15) is 0 Å². The molecule has 2 N–H and O–H groups in total. The minimum atomic E-state index is -0.665. The second-order valence-corrected chi connectivity index (χ2v) is 14.7. The van der Waals surface area contributed by atoms with Crippen LogP contribution in [-0.2, 0) is 9.59 Å². The number of carbonyl (C=O) groups is 2. The van der Waals surface area contributed by atoms with E-state index in [2.05, 4.69) is 41.5 Å². The molecule has 33 heavy (non-hydrogen) atoms. The Labute approximate surface area is 198 Å². The lowest BCUT2D eigenvalue weighted by atomic mass is 9.34. The lowest BCUT2D eigenvalue weighted by Crippen LogP contribution is -2.66. The van der Waals surface area contributed by atoms with E-state index in [1.165, 1.54) is 5.57 Å². The molecule has 0 amide bonds. The van der Waals surface area contributed by atoms with Crippen LogP contribution in [0.2, 0.25) is 0 Å². The summed E-state index contributed by atoms with van der Waals surface area (Å²) in [5.74, 6) is 0.114. The summed E-state index contributed by atoms with van der Waals surface area (Å²) in [7, 11) is 0. The molecule has 0 aromatic heterocycles. The summed E-state index contributed by atoms with van der Waals surface area (Å²) in [6.45, 7) is 13.9. The Morgan fingerprint density at radius 3 is 2.30 bits per heavy atom. The summed E-state index contributed by atoms with van der Waals surface area (Å²) in [6, 6.07) is 0. The van der Waals surface area contributed by atoms with Gasteiger partial charge in [0.25, 0.3) is 0 Å². The van der Waals surface area contributed by atoms with Crippen LogP contribution in [0.1, 0.15) is 92.9 Å². The first-order valence-electron chi connectivity index (χ1n) is 13.4. The van der Waals surface area contributed by atoms with Crippen LogP contribution in [-0.4, -0.2) is 28.1 Å². The van der Waals surface area contributed by atoms with Gasteiger partial charge in [-0.3, -0.25) is 9.59 Å². The van der Waals surface area contributed by atoms with Crippen LogP contribution in [0.25, 0.3) is 0 Å². The third-order valence-corrected chi connectivity index (χ3v) is 13.5. The largest absolute Gasteiger partial charge is 0.481 e. The monoisotopic (exact) mass is 454 g/mol. The van der Waals surface area contributed by atoms with E-state index in [-0.39, 0.29) is 56.7 Å². The number of hydrogen-bond donors (Lipinski definition) is 2. The van der Waals surface area contributed by atoms with Crippen molar-refractivity contribution < 1.29 is 19.8 Å². The quantitative estimate of drug-likeness (QED) is 0.538. The van der Waals surface area contributed by atoms with E-state index in [0.717, 1.165) is 51.4 Å². The molecule has 6 rings (SSSR count). The first-order valence-corrected chi connectivity index (χ1v) is 13.4. The highest BCUT2D eigenvalue weighted by molar-refractivity contribution is 5.96. The standard InChI is InChI=1S/C29H42O4/c1-24(2)19-7-10-27(5)22(26(19,4)9-8-21(24)31)18(30)13-16-17-14-25(3)11-12-29(17,23(32)33)20(25)15-28(16,27)6/h13,17,19-22,31H,7-12,14-15H2,1-6H3,(H,32,33)/t17-,19+,20-,21-,22+,25+,26-,27+,28+,29+/m0/s1. The zero-order valence-electron chi connectivity index (χ0n) is 21.3. The van der Waals surface area contributed by atoms with Crippen molar-refractivity contribution in [1.29, 1.82) is 0 Å². The van der Waals surface area contributed by atoms with Gasteiger partial charge in [-0.15, -0.1) is 0 Å². The van der Waals surface area contributed by atoms with Gasteiger partial charge in [0.1, 0.15) is 0 Å². The van der Waals surface area contributed by atoms with Crippen molar-refractivity contribution in [3.8, 4) is 0 Å². The number of aliphatic carboxylic acids is 1. The van der Waals surface area contributed by atoms with E-state index in [1.54, 1.807) is 0 Å². The SMILES string of the molecule is CC1(C)[C@H]2CC[C@]3(C)[C@H](C(=O)C=C4[C@@H]5C[C@@]6(C)CC[C@]5(C(=O)O)[C@H]6C[C@]43C)[C@@]2(C)CC[C@@H]1O. The molecule has 0 aromatic rings. The lowest BCUT2D eigenvalue weighted by Gasteiger charge is -2.69. The predicted octanol–water partition coefficient (Wildman–Crippen LogP) is 5.63. The molecule has 10 atom stereocenters. The summed E-state index contributed by atoms with van der Waals surface area (Å²) in [4.78, 5) is 26.9. The molecular weight excluding hydrogens is 412 g/mol. The Morgan fingerprint density at radius 2 is 1.64 bits per heavy atom. The molecule has 0 spiro atoms. The van der Waals surface area contributed by atoms with Gasteiger partial charge >= 0.3 is 5.97 Å². The minimum absolute atomic E-state index is 0.00868. The van der Waals surface area contributed by atoms with Gasteiger partial charge in [-0.25, -0.2) is 0 Å². The van der Waals surface area contributed by atoms with Crippen LogP contribution in [0.3, 0.4) is 0 Å². The van der Waals surface area contributed by atoms with Gasteiger partial charge in [0.15, 0.2) is 5.78 Å². The summed E-state index contributed by atoms with van der Waals surface area (Å²) < 4.78 is 0. The number of aliphatic hydroxyl groups is 1. The zero-order chi connectivity index (χ0) is 24.0. The van der Waals surface area contributed by atoms with Gasteiger partial charge in [0.05, 0.1) is 11.5 Å². The molecule has 4 nitrogen and oxygen atoms in total. The fraction of sp³-hybridized carbons (Fsp3) is 0.862. The van der Waals surface area contributed by atoms with Crippen LogP contribution >= 0.6 is 0 Å². The highest BCUT2D eigenvalue weighted by atomic mass is 16.4. The maximum atomic E-state index is 14.1. The average Bonchev–Trinajstić information content (AvgIpc) is 3.09. The van der Waals surface area contributed by atoms with E-state index in [4.69, 9.17) is 0 Å². The van der Waals surface area contributed by atoms with Crippen LogP contribution in [0.15, 0.2) is 11.6 Å². The lowest BCUT2D eigenvalue weighted by molar-refractivity contribution is -0.203. The molecule has 4 bridgehead atoms. The summed E-state index contributed by atoms with van der Waals surface area (Å²) in [5.41, 5.74) is 0.00137. The number of carboxylic acids is 1. The Balaban J connectivity index is 1.52. The van der Waals surface area contributed by atoms with E-state index in [9.17, 15) is 19.8 Å². The van der Waals surface area contributed by atoms with Crippen molar-refractivity contribution in [2.45, 2.75) is 99.0 Å².